The molecule has 8 heteroatoms. The van der Waals surface area contributed by atoms with Gasteiger partial charge in [-0.15, -0.1) is 0 Å². The van der Waals surface area contributed by atoms with Gasteiger partial charge >= 0.3 is 0 Å². The van der Waals surface area contributed by atoms with Crippen LogP contribution in [0.25, 0.3) is 0 Å². The van der Waals surface area contributed by atoms with Crippen molar-refractivity contribution in [2.75, 3.05) is 13.7 Å². The maximum Gasteiger partial charge on any atom is 0.226 e. The van der Waals surface area contributed by atoms with Crippen LogP contribution < -0.4 is 11.1 Å². The lowest BCUT2D eigenvalue weighted by Gasteiger charge is -2.14. The molecule has 138 valence electrons. The second-order valence-corrected chi connectivity index (χ2v) is 5.45. The lowest BCUT2D eigenvalue weighted by molar-refractivity contribution is -0.121. The Morgan fingerprint density at radius 3 is 2.60 bits per heavy atom. The van der Waals surface area contributed by atoms with Crippen molar-refractivity contribution >= 4 is 11.7 Å². The molecule has 0 heterocycles. The molecule has 1 aromatic carbocycles. The Morgan fingerprint density at radius 1 is 1.40 bits per heavy atom. The minimum absolute atomic E-state index is 0.00778. The van der Waals surface area contributed by atoms with E-state index in [-0.39, 0.29) is 30.2 Å². The molecule has 0 radical (unpaired) electrons. The Morgan fingerprint density at radius 2 is 2.04 bits per heavy atom. The summed E-state index contributed by atoms with van der Waals surface area (Å²) in [5.41, 5.74) is 5.93. The SMILES string of the molecule is CCCC(N=C(N)C=C(O)COC)NC(=O)Cc1cc(F)cc(F)c1. The zero-order chi connectivity index (χ0) is 18.8. The molecule has 0 saturated heterocycles. The Kier molecular flexibility index (Phi) is 8.55. The number of aliphatic imine (C=N–C) groups is 1. The molecule has 25 heavy (non-hydrogen) atoms. The Balaban J connectivity index is 2.76. The van der Waals surface area contributed by atoms with Gasteiger partial charge in [0.15, 0.2) is 0 Å². The molecule has 6 nitrogen and oxygen atoms in total. The molecule has 0 aliphatic heterocycles. The number of methoxy groups -OCH3 is 1. The van der Waals surface area contributed by atoms with Gasteiger partial charge in [-0.3, -0.25) is 4.79 Å². The molecule has 0 bridgehead atoms. The van der Waals surface area contributed by atoms with Gasteiger partial charge in [0, 0.05) is 19.3 Å². The highest BCUT2D eigenvalue weighted by atomic mass is 19.1. The zero-order valence-corrected chi connectivity index (χ0v) is 14.3. The maximum absolute atomic E-state index is 13.2. The van der Waals surface area contributed by atoms with Crippen LogP contribution in [-0.2, 0) is 16.0 Å². The average Bonchev–Trinajstić information content (AvgIpc) is 2.45. The molecule has 0 aliphatic carbocycles. The fourth-order valence-electron chi connectivity index (χ4n) is 2.16. The molecular formula is C17H23F2N3O3. The van der Waals surface area contributed by atoms with Crippen LogP contribution in [-0.4, -0.2) is 36.7 Å². The fourth-order valence-corrected chi connectivity index (χ4v) is 2.16. The van der Waals surface area contributed by atoms with E-state index in [1.807, 2.05) is 6.92 Å². The van der Waals surface area contributed by atoms with Gasteiger partial charge in [0.25, 0.3) is 0 Å². The number of carbonyl (C=O) groups excluding carboxylic acids is 1. The number of nitrogens with zero attached hydrogens (tertiary/aromatic N) is 1. The molecule has 0 saturated carbocycles. The molecule has 1 amide bonds. The second-order valence-electron chi connectivity index (χ2n) is 5.45. The molecule has 4 N–H and O–H groups in total. The molecule has 0 spiro atoms. The van der Waals surface area contributed by atoms with Gasteiger partial charge in [0.1, 0.15) is 36.0 Å². The number of nitrogens with one attached hydrogen (secondary N) is 1. The molecule has 0 fully saturated rings. The summed E-state index contributed by atoms with van der Waals surface area (Å²) in [6.45, 7) is 1.90. The van der Waals surface area contributed by atoms with Crippen molar-refractivity contribution in [3.63, 3.8) is 0 Å². The molecule has 0 aromatic heterocycles. The minimum Gasteiger partial charge on any atom is -0.510 e. The van der Waals surface area contributed by atoms with E-state index in [4.69, 9.17) is 10.5 Å². The van der Waals surface area contributed by atoms with Crippen LogP contribution in [0.5, 0.6) is 0 Å². The number of aliphatic hydroxyl groups is 1. The number of rotatable bonds is 9. The maximum atomic E-state index is 13.2. The van der Waals surface area contributed by atoms with Crippen molar-refractivity contribution in [2.24, 2.45) is 10.7 Å². The first-order chi connectivity index (χ1) is 11.8. The summed E-state index contributed by atoms with van der Waals surface area (Å²) in [7, 11) is 1.42. The van der Waals surface area contributed by atoms with E-state index in [2.05, 4.69) is 10.3 Å². The number of aliphatic hydroxyl groups excluding tert-OH is 1. The zero-order valence-electron chi connectivity index (χ0n) is 14.3. The van der Waals surface area contributed by atoms with Gasteiger partial charge in [-0.2, -0.15) is 0 Å². The van der Waals surface area contributed by atoms with Crippen molar-refractivity contribution in [2.45, 2.75) is 32.4 Å². The molecule has 0 aliphatic rings. The number of nitrogens with two attached hydrogens (primary N) is 1. The third-order valence-corrected chi connectivity index (χ3v) is 3.09. The number of hydrogen-bond donors (Lipinski definition) is 3. The Labute approximate surface area is 145 Å². The number of ether oxygens (including phenoxy) is 1. The summed E-state index contributed by atoms with van der Waals surface area (Å²) in [6, 6.07) is 2.94. The number of hydrogen-bond acceptors (Lipinski definition) is 4. The molecule has 1 unspecified atom stereocenters. The number of amidine groups is 1. The van der Waals surface area contributed by atoms with Gasteiger partial charge in [-0.25, -0.2) is 13.8 Å². The van der Waals surface area contributed by atoms with Crippen LogP contribution in [0.4, 0.5) is 8.78 Å². The monoisotopic (exact) mass is 355 g/mol. The topological polar surface area (TPSA) is 96.9 Å². The van der Waals surface area contributed by atoms with E-state index in [1.165, 1.54) is 13.2 Å². The molecule has 1 aromatic rings. The summed E-state index contributed by atoms with van der Waals surface area (Å²) in [4.78, 5) is 16.2. The lowest BCUT2D eigenvalue weighted by atomic mass is 10.1. The predicted molar refractivity (Wildman–Crippen MR) is 91.1 cm³/mol. The van der Waals surface area contributed by atoms with E-state index < -0.39 is 23.7 Å². The highest BCUT2D eigenvalue weighted by Gasteiger charge is 2.12. The fraction of sp³-hybridized carbons (Fsp3) is 0.412. The van der Waals surface area contributed by atoms with Crippen molar-refractivity contribution in [1.82, 2.24) is 5.32 Å². The van der Waals surface area contributed by atoms with E-state index in [1.54, 1.807) is 0 Å². The Hall–Kier alpha value is -2.48. The van der Waals surface area contributed by atoms with Crippen LogP contribution in [0.2, 0.25) is 0 Å². The third kappa shape index (κ3) is 8.25. The summed E-state index contributed by atoms with van der Waals surface area (Å²) >= 11 is 0. The largest absolute Gasteiger partial charge is 0.510 e. The smallest absolute Gasteiger partial charge is 0.226 e. The summed E-state index contributed by atoms with van der Waals surface area (Å²) in [5, 5.41) is 12.2. The molecule has 1 atom stereocenters. The van der Waals surface area contributed by atoms with Crippen LogP contribution in [0, 0.1) is 11.6 Å². The normalized spacial score (nSPS) is 13.6. The van der Waals surface area contributed by atoms with E-state index >= 15 is 0 Å². The van der Waals surface area contributed by atoms with Crippen molar-refractivity contribution < 1.29 is 23.4 Å². The summed E-state index contributed by atoms with van der Waals surface area (Å²) in [5.74, 6) is -1.99. The third-order valence-electron chi connectivity index (χ3n) is 3.09. The molecule has 1 rings (SSSR count). The first-order valence-electron chi connectivity index (χ1n) is 7.80. The Bertz CT molecular complexity index is 628. The quantitative estimate of drug-likeness (QED) is 0.359. The highest BCUT2D eigenvalue weighted by Crippen LogP contribution is 2.09. The first-order valence-corrected chi connectivity index (χ1v) is 7.80. The minimum atomic E-state index is -0.742. The molecular weight excluding hydrogens is 332 g/mol. The number of amides is 1. The van der Waals surface area contributed by atoms with E-state index in [9.17, 15) is 18.7 Å². The van der Waals surface area contributed by atoms with Crippen LogP contribution in [0.1, 0.15) is 25.3 Å². The predicted octanol–water partition coefficient (Wildman–Crippen LogP) is 2.20. The number of carbonyl (C=O) groups is 1. The number of halogens is 2. The van der Waals surface area contributed by atoms with Gasteiger partial charge in [0.2, 0.25) is 5.91 Å². The van der Waals surface area contributed by atoms with Gasteiger partial charge in [-0.05, 0) is 24.1 Å². The van der Waals surface area contributed by atoms with Gasteiger partial charge < -0.3 is 20.9 Å². The van der Waals surface area contributed by atoms with Gasteiger partial charge in [-0.1, -0.05) is 13.3 Å². The summed E-state index contributed by atoms with van der Waals surface area (Å²) < 4.78 is 31.1. The second kappa shape index (κ2) is 10.4. The van der Waals surface area contributed by atoms with E-state index in [0.717, 1.165) is 24.6 Å². The first kappa shape index (κ1) is 20.6. The summed E-state index contributed by atoms with van der Waals surface area (Å²) in [6.07, 6.45) is 1.69. The van der Waals surface area contributed by atoms with Gasteiger partial charge in [0.05, 0.1) is 6.42 Å². The number of benzene rings is 1. The van der Waals surface area contributed by atoms with Crippen LogP contribution >= 0.6 is 0 Å². The van der Waals surface area contributed by atoms with Crippen LogP contribution in [0.15, 0.2) is 35.0 Å². The van der Waals surface area contributed by atoms with E-state index in [0.29, 0.717) is 6.42 Å². The van der Waals surface area contributed by atoms with Crippen LogP contribution in [0.3, 0.4) is 0 Å². The van der Waals surface area contributed by atoms with Crippen molar-refractivity contribution in [3.8, 4) is 0 Å². The lowest BCUT2D eigenvalue weighted by Crippen LogP contribution is -2.36. The van der Waals surface area contributed by atoms with Crippen molar-refractivity contribution in [1.29, 1.82) is 0 Å². The van der Waals surface area contributed by atoms with Crippen molar-refractivity contribution in [3.05, 3.63) is 47.2 Å². The highest BCUT2D eigenvalue weighted by molar-refractivity contribution is 5.92. The average molecular weight is 355 g/mol. The standard InChI is InChI=1S/C17H23F2N3O3/c1-3-4-16(21-15(20)9-14(23)10-25-2)22-17(24)7-11-5-12(18)8-13(19)6-11/h5-6,8-9,16,23H,3-4,7,10H2,1-2H3,(H2,20,21)(H,22,24).